The molecule has 0 saturated heterocycles. The van der Waals surface area contributed by atoms with Crippen molar-refractivity contribution < 1.29 is 29.9 Å². The molecular weight excluding hydrogens is 504 g/mol. The van der Waals surface area contributed by atoms with Crippen molar-refractivity contribution in [2.24, 2.45) is 0 Å². The molecule has 0 aliphatic carbocycles. The number of methoxy groups -OCH3 is 1. The van der Waals surface area contributed by atoms with E-state index in [1.165, 1.54) is 21.5 Å². The summed E-state index contributed by atoms with van der Waals surface area (Å²) in [7, 11) is -10.8. The normalized spacial score (nSPS) is 13.6. The van der Waals surface area contributed by atoms with E-state index in [2.05, 4.69) is 115 Å². The molecule has 0 aliphatic rings. The van der Waals surface area contributed by atoms with Gasteiger partial charge < -0.3 is 4.74 Å². The summed E-state index contributed by atoms with van der Waals surface area (Å²) in [5.74, 6) is 0.958. The van der Waals surface area contributed by atoms with Crippen molar-refractivity contribution in [3.8, 4) is 5.75 Å². The summed E-state index contributed by atoms with van der Waals surface area (Å²) in [6.07, 6.45) is 0.961. The molecule has 0 spiro atoms. The number of hydrogen-bond acceptors (Lipinski definition) is 1. The summed E-state index contributed by atoms with van der Waals surface area (Å²) in [5, 5.41) is 4.03. The predicted octanol–water partition coefficient (Wildman–Crippen LogP) is 8.57. The molecule has 0 heterocycles. The third kappa shape index (κ3) is 8.09. The first-order valence-corrected chi connectivity index (χ1v) is 14.5. The standard InChI is InChI=1S/C26H24OP.F6P/c1-27-25-19-11-12-20-26(25)28(23-15-7-3-8-16-23,24-17-9-4-10-18-24)21-22-13-5-2-6-14-22;1-7(2,3,4,5)6/h2-20H,21H2,1H3;/q+1;-1. The first-order valence-electron chi connectivity index (χ1n) is 10.5. The Morgan fingerprint density at radius 2 is 0.943 bits per heavy atom. The fraction of sp³-hybridized carbons (Fsp3) is 0.0769. The van der Waals surface area contributed by atoms with Gasteiger partial charge in [-0.3, -0.25) is 0 Å². The average molecular weight is 528 g/mol. The summed E-state index contributed by atoms with van der Waals surface area (Å²) in [6, 6.07) is 41.2. The van der Waals surface area contributed by atoms with Gasteiger partial charge in [0.2, 0.25) is 0 Å². The van der Waals surface area contributed by atoms with Crippen molar-refractivity contribution in [2.45, 2.75) is 6.16 Å². The van der Waals surface area contributed by atoms with Crippen LogP contribution in [-0.4, -0.2) is 7.11 Å². The molecule has 4 aromatic rings. The van der Waals surface area contributed by atoms with Crippen LogP contribution >= 0.6 is 15.1 Å². The van der Waals surface area contributed by atoms with Crippen LogP contribution in [0.5, 0.6) is 5.75 Å². The van der Waals surface area contributed by atoms with Crippen LogP contribution in [0.4, 0.5) is 25.2 Å². The van der Waals surface area contributed by atoms with Crippen LogP contribution in [0.3, 0.4) is 0 Å². The van der Waals surface area contributed by atoms with Gasteiger partial charge in [-0.1, -0.05) is 78.9 Å². The van der Waals surface area contributed by atoms with Gasteiger partial charge in [0.1, 0.15) is 23.2 Å². The van der Waals surface area contributed by atoms with Gasteiger partial charge in [-0.05, 0) is 42.0 Å². The topological polar surface area (TPSA) is 9.23 Å². The maximum absolute atomic E-state index is 10.7. The van der Waals surface area contributed by atoms with E-state index < -0.39 is 15.1 Å². The average Bonchev–Trinajstić information content (AvgIpc) is 2.82. The number of benzene rings is 4. The van der Waals surface area contributed by atoms with E-state index in [-0.39, 0.29) is 0 Å². The fourth-order valence-corrected chi connectivity index (χ4v) is 8.26. The summed E-state index contributed by atoms with van der Waals surface area (Å²) in [5.41, 5.74) is 1.34. The molecule has 4 aromatic carbocycles. The van der Waals surface area contributed by atoms with Gasteiger partial charge in [-0.15, -0.1) is 0 Å². The predicted molar refractivity (Wildman–Crippen MR) is 135 cm³/mol. The molecule has 0 N–H and O–H groups in total. The number of para-hydroxylation sites is 1. The summed E-state index contributed by atoms with van der Waals surface area (Å²) >= 11 is 0. The van der Waals surface area contributed by atoms with Gasteiger partial charge in [0.05, 0.1) is 13.3 Å². The Morgan fingerprint density at radius 1 is 0.571 bits per heavy atom. The molecule has 0 aromatic heterocycles. The molecule has 0 unspecified atom stereocenters. The van der Waals surface area contributed by atoms with Gasteiger partial charge in [-0.2, -0.15) is 0 Å². The van der Waals surface area contributed by atoms with Crippen LogP contribution in [0.15, 0.2) is 115 Å². The van der Waals surface area contributed by atoms with E-state index >= 15 is 0 Å². The van der Waals surface area contributed by atoms with Crippen molar-refractivity contribution in [3.05, 3.63) is 121 Å². The third-order valence-corrected chi connectivity index (χ3v) is 9.54. The molecule has 0 aliphatic heterocycles. The first kappa shape index (κ1) is 26.7. The second-order valence-corrected chi connectivity index (χ2v) is 13.1. The molecule has 186 valence electrons. The SMILES string of the molecule is COc1ccccc1[P+](Cc1ccccc1)(c1ccccc1)c1ccccc1.F[P-](F)(F)(F)(F)F. The second-order valence-electron chi connectivity index (χ2n) is 7.75. The van der Waals surface area contributed by atoms with Crippen LogP contribution in [0.2, 0.25) is 0 Å². The van der Waals surface area contributed by atoms with E-state index in [1.807, 2.05) is 0 Å². The Hall–Kier alpha value is -2.88. The van der Waals surface area contributed by atoms with Crippen molar-refractivity contribution >= 4 is 31.0 Å². The molecule has 4 rings (SSSR count). The number of rotatable bonds is 6. The van der Waals surface area contributed by atoms with E-state index in [4.69, 9.17) is 4.74 Å². The molecule has 0 radical (unpaired) electrons. The van der Waals surface area contributed by atoms with Crippen molar-refractivity contribution in [1.82, 2.24) is 0 Å². The Labute approximate surface area is 201 Å². The molecule has 0 atom stereocenters. The maximum atomic E-state index is 9.87. The zero-order valence-corrected chi connectivity index (χ0v) is 20.5. The van der Waals surface area contributed by atoms with E-state index in [0.717, 1.165) is 11.9 Å². The molecule has 35 heavy (non-hydrogen) atoms. The van der Waals surface area contributed by atoms with E-state index in [1.54, 1.807) is 7.11 Å². The van der Waals surface area contributed by atoms with Crippen molar-refractivity contribution in [3.63, 3.8) is 0 Å². The molecule has 1 nitrogen and oxygen atoms in total. The first-order chi connectivity index (χ1) is 16.3. The molecular formula is C26H24F6OP2. The number of hydrogen-bond donors (Lipinski definition) is 0. The zero-order valence-electron chi connectivity index (χ0n) is 18.7. The summed E-state index contributed by atoms with van der Waals surface area (Å²) < 4.78 is 65.1. The van der Waals surface area contributed by atoms with Crippen LogP contribution in [0.1, 0.15) is 5.56 Å². The van der Waals surface area contributed by atoms with Crippen LogP contribution in [0.25, 0.3) is 0 Å². The Bertz CT molecular complexity index is 1180. The Balaban J connectivity index is 0.000000429. The van der Waals surface area contributed by atoms with Crippen molar-refractivity contribution in [2.75, 3.05) is 7.11 Å². The van der Waals surface area contributed by atoms with Crippen LogP contribution in [0, 0.1) is 0 Å². The second kappa shape index (κ2) is 9.64. The number of halogens is 6. The monoisotopic (exact) mass is 528 g/mol. The third-order valence-electron chi connectivity index (χ3n) is 5.15. The number of ether oxygens (including phenoxy) is 1. The Morgan fingerprint density at radius 3 is 1.37 bits per heavy atom. The van der Waals surface area contributed by atoms with Crippen molar-refractivity contribution in [1.29, 1.82) is 0 Å². The van der Waals surface area contributed by atoms with Crippen LogP contribution < -0.4 is 20.7 Å². The minimum absolute atomic E-state index is 0.958. The molecule has 0 fully saturated rings. The summed E-state index contributed by atoms with van der Waals surface area (Å²) in [6.45, 7) is 0. The zero-order chi connectivity index (χ0) is 25.6. The minimum atomic E-state index is -10.7. The molecule has 9 heteroatoms. The molecule has 0 bridgehead atoms. The quantitative estimate of drug-likeness (QED) is 0.180. The van der Waals surface area contributed by atoms with E-state index in [9.17, 15) is 25.2 Å². The fourth-order valence-electron chi connectivity index (χ4n) is 3.86. The molecule has 0 saturated carbocycles. The van der Waals surface area contributed by atoms with Crippen LogP contribution in [-0.2, 0) is 6.16 Å². The van der Waals surface area contributed by atoms with Gasteiger partial charge in [0, 0.05) is 0 Å². The van der Waals surface area contributed by atoms with Gasteiger partial charge in [0.25, 0.3) is 0 Å². The van der Waals surface area contributed by atoms with Gasteiger partial charge >= 0.3 is 33.0 Å². The summed E-state index contributed by atoms with van der Waals surface area (Å²) in [4.78, 5) is 0. The van der Waals surface area contributed by atoms with Gasteiger partial charge in [-0.25, -0.2) is 0 Å². The Kier molecular flexibility index (Phi) is 7.36. The van der Waals surface area contributed by atoms with Gasteiger partial charge in [0.15, 0.2) is 5.75 Å². The molecule has 0 amide bonds. The van der Waals surface area contributed by atoms with E-state index in [0.29, 0.717) is 0 Å².